The molecule has 0 saturated heterocycles. The Morgan fingerprint density at radius 3 is 3.08 bits per heavy atom. The molecule has 12 heavy (non-hydrogen) atoms. The summed E-state index contributed by atoms with van der Waals surface area (Å²) in [6, 6.07) is 0.436. The van der Waals surface area contributed by atoms with Crippen LogP contribution in [-0.2, 0) is 0 Å². The molecule has 5 heteroatoms. The van der Waals surface area contributed by atoms with Gasteiger partial charge in [0, 0.05) is 12.6 Å². The van der Waals surface area contributed by atoms with E-state index in [2.05, 4.69) is 15.5 Å². The molecule has 0 spiro atoms. The predicted molar refractivity (Wildman–Crippen MR) is 49.1 cm³/mol. The van der Waals surface area contributed by atoms with Crippen molar-refractivity contribution in [3.05, 3.63) is 5.51 Å². The van der Waals surface area contributed by atoms with Crippen LogP contribution in [-0.4, -0.2) is 22.8 Å². The van der Waals surface area contributed by atoms with Crippen LogP contribution >= 0.6 is 11.3 Å². The number of anilines is 1. The first kappa shape index (κ1) is 7.94. The van der Waals surface area contributed by atoms with Gasteiger partial charge in [-0.1, -0.05) is 11.3 Å². The maximum Gasteiger partial charge on any atom is 0.205 e. The minimum atomic E-state index is 0.436. The Balaban J connectivity index is 1.70. The normalized spacial score (nSPS) is 28.1. The summed E-state index contributed by atoms with van der Waals surface area (Å²) in [6.45, 7) is 0.989. The second-order valence-corrected chi connectivity index (χ2v) is 4.06. The first-order valence-corrected chi connectivity index (χ1v) is 4.98. The van der Waals surface area contributed by atoms with Gasteiger partial charge in [0.1, 0.15) is 5.51 Å². The van der Waals surface area contributed by atoms with Crippen LogP contribution in [0.1, 0.15) is 12.8 Å². The first-order chi connectivity index (χ1) is 5.84. The highest BCUT2D eigenvalue weighted by Crippen LogP contribution is 2.25. The van der Waals surface area contributed by atoms with Crippen LogP contribution in [0, 0.1) is 5.92 Å². The lowest BCUT2D eigenvalue weighted by Gasteiger charge is -2.32. The lowest BCUT2D eigenvalue weighted by molar-refractivity contribution is 0.280. The summed E-state index contributed by atoms with van der Waals surface area (Å²) in [5, 5.41) is 11.8. The summed E-state index contributed by atoms with van der Waals surface area (Å²) in [6.07, 6.45) is 2.29. The average Bonchev–Trinajstić information content (AvgIpc) is 2.47. The molecule has 1 saturated carbocycles. The zero-order chi connectivity index (χ0) is 8.39. The summed E-state index contributed by atoms with van der Waals surface area (Å²) in [5.41, 5.74) is 7.40. The molecular weight excluding hydrogens is 172 g/mol. The predicted octanol–water partition coefficient (Wildman–Crippen LogP) is 0.687. The van der Waals surface area contributed by atoms with Crippen LogP contribution in [0.5, 0.6) is 0 Å². The Bertz CT molecular complexity index is 230. The third-order valence-corrected chi connectivity index (χ3v) is 2.82. The van der Waals surface area contributed by atoms with Crippen LogP contribution in [0.2, 0.25) is 0 Å². The fourth-order valence-electron chi connectivity index (χ4n) is 1.44. The monoisotopic (exact) mass is 184 g/mol. The van der Waals surface area contributed by atoms with Crippen LogP contribution in [0.25, 0.3) is 0 Å². The van der Waals surface area contributed by atoms with Crippen molar-refractivity contribution in [3.8, 4) is 0 Å². The molecule has 1 aromatic rings. The van der Waals surface area contributed by atoms with Gasteiger partial charge in [0.05, 0.1) is 0 Å². The quantitative estimate of drug-likeness (QED) is 0.725. The lowest BCUT2D eigenvalue weighted by atomic mass is 9.81. The van der Waals surface area contributed by atoms with Crippen LogP contribution in [0.4, 0.5) is 5.13 Å². The summed E-state index contributed by atoms with van der Waals surface area (Å²) in [4.78, 5) is 0. The Morgan fingerprint density at radius 2 is 2.50 bits per heavy atom. The number of hydrogen-bond acceptors (Lipinski definition) is 5. The van der Waals surface area contributed by atoms with E-state index in [1.165, 1.54) is 11.3 Å². The van der Waals surface area contributed by atoms with Crippen molar-refractivity contribution in [2.24, 2.45) is 11.7 Å². The molecule has 0 unspecified atom stereocenters. The summed E-state index contributed by atoms with van der Waals surface area (Å²) in [7, 11) is 0. The van der Waals surface area contributed by atoms with Gasteiger partial charge in [-0.2, -0.15) is 0 Å². The maximum atomic E-state index is 5.66. The number of nitrogens with zero attached hydrogens (tertiary/aromatic N) is 2. The zero-order valence-electron chi connectivity index (χ0n) is 6.73. The molecule has 4 nitrogen and oxygen atoms in total. The van der Waals surface area contributed by atoms with Gasteiger partial charge in [-0.25, -0.2) is 0 Å². The Kier molecular flexibility index (Phi) is 2.23. The Hall–Kier alpha value is -0.680. The number of rotatable bonds is 3. The molecule has 0 atom stereocenters. The van der Waals surface area contributed by atoms with E-state index in [9.17, 15) is 0 Å². The first-order valence-electron chi connectivity index (χ1n) is 4.10. The van der Waals surface area contributed by atoms with Crippen LogP contribution in [0.3, 0.4) is 0 Å². The number of hydrogen-bond donors (Lipinski definition) is 2. The molecule has 1 aliphatic rings. The summed E-state index contributed by atoms with van der Waals surface area (Å²) in [5.74, 6) is 0.740. The van der Waals surface area contributed by atoms with E-state index < -0.39 is 0 Å². The molecule has 1 aromatic heterocycles. The molecule has 66 valence electrons. The largest absolute Gasteiger partial charge is 0.360 e. The van der Waals surface area contributed by atoms with Crippen molar-refractivity contribution in [2.75, 3.05) is 11.9 Å². The molecule has 3 N–H and O–H groups in total. The SMILES string of the molecule is NC1CC(CNc2nncs2)C1. The van der Waals surface area contributed by atoms with Crippen molar-refractivity contribution in [3.63, 3.8) is 0 Å². The number of nitrogens with one attached hydrogen (secondary N) is 1. The molecule has 0 aliphatic heterocycles. The lowest BCUT2D eigenvalue weighted by Crippen LogP contribution is -2.39. The molecule has 0 aromatic carbocycles. The Morgan fingerprint density at radius 1 is 1.67 bits per heavy atom. The fourth-order valence-corrected chi connectivity index (χ4v) is 1.89. The molecular formula is C7H12N4S. The highest BCUT2D eigenvalue weighted by molar-refractivity contribution is 7.13. The van der Waals surface area contributed by atoms with Gasteiger partial charge in [-0.15, -0.1) is 10.2 Å². The highest BCUT2D eigenvalue weighted by atomic mass is 32.1. The zero-order valence-corrected chi connectivity index (χ0v) is 7.55. The average molecular weight is 184 g/mol. The smallest absolute Gasteiger partial charge is 0.205 e. The van der Waals surface area contributed by atoms with E-state index >= 15 is 0 Å². The number of nitrogens with two attached hydrogens (primary N) is 1. The van der Waals surface area contributed by atoms with Gasteiger partial charge in [-0.05, 0) is 18.8 Å². The van der Waals surface area contributed by atoms with Crippen molar-refractivity contribution in [1.82, 2.24) is 10.2 Å². The van der Waals surface area contributed by atoms with E-state index in [1.807, 2.05) is 0 Å². The Labute approximate surface area is 75.2 Å². The van der Waals surface area contributed by atoms with Crippen molar-refractivity contribution in [1.29, 1.82) is 0 Å². The fraction of sp³-hybridized carbons (Fsp3) is 0.714. The van der Waals surface area contributed by atoms with E-state index in [4.69, 9.17) is 5.73 Å². The minimum absolute atomic E-state index is 0.436. The third kappa shape index (κ3) is 1.73. The van der Waals surface area contributed by atoms with Gasteiger partial charge in [0.2, 0.25) is 5.13 Å². The molecule has 0 amide bonds. The highest BCUT2D eigenvalue weighted by Gasteiger charge is 2.25. The van der Waals surface area contributed by atoms with Gasteiger partial charge in [0.25, 0.3) is 0 Å². The second kappa shape index (κ2) is 3.37. The van der Waals surface area contributed by atoms with E-state index in [1.54, 1.807) is 5.51 Å². The topological polar surface area (TPSA) is 63.8 Å². The summed E-state index contributed by atoms with van der Waals surface area (Å²) < 4.78 is 0. The van der Waals surface area contributed by atoms with Gasteiger partial charge in [-0.3, -0.25) is 0 Å². The van der Waals surface area contributed by atoms with Crippen molar-refractivity contribution in [2.45, 2.75) is 18.9 Å². The molecule has 0 radical (unpaired) electrons. The van der Waals surface area contributed by atoms with Gasteiger partial charge < -0.3 is 11.1 Å². The van der Waals surface area contributed by atoms with Crippen molar-refractivity contribution < 1.29 is 0 Å². The van der Waals surface area contributed by atoms with E-state index in [-0.39, 0.29) is 0 Å². The van der Waals surface area contributed by atoms with E-state index in [0.717, 1.165) is 30.4 Å². The third-order valence-electron chi connectivity index (χ3n) is 2.17. The summed E-state index contributed by atoms with van der Waals surface area (Å²) >= 11 is 1.54. The standard InChI is InChI=1S/C7H12N4S/c8-6-1-5(2-6)3-9-7-11-10-4-12-7/h4-6H,1-3,8H2,(H,9,11). The van der Waals surface area contributed by atoms with Crippen LogP contribution in [0.15, 0.2) is 5.51 Å². The molecule has 1 fully saturated rings. The maximum absolute atomic E-state index is 5.66. The second-order valence-electron chi connectivity index (χ2n) is 3.22. The van der Waals surface area contributed by atoms with Gasteiger partial charge >= 0.3 is 0 Å². The molecule has 0 bridgehead atoms. The van der Waals surface area contributed by atoms with Crippen LogP contribution < -0.4 is 11.1 Å². The minimum Gasteiger partial charge on any atom is -0.360 e. The van der Waals surface area contributed by atoms with Gasteiger partial charge in [0.15, 0.2) is 0 Å². The van der Waals surface area contributed by atoms with Crippen molar-refractivity contribution >= 4 is 16.5 Å². The molecule has 2 rings (SSSR count). The number of aromatic nitrogens is 2. The van der Waals surface area contributed by atoms with E-state index in [0.29, 0.717) is 6.04 Å². The molecule has 1 heterocycles. The molecule has 1 aliphatic carbocycles.